The Morgan fingerprint density at radius 1 is 1.12 bits per heavy atom. The van der Waals surface area contributed by atoms with Crippen LogP contribution in [0.25, 0.3) is 11.0 Å². The average molecular weight is 339 g/mol. The Balaban J connectivity index is 1.67. The van der Waals surface area contributed by atoms with Gasteiger partial charge in [-0.2, -0.15) is 0 Å². The molecule has 1 aliphatic heterocycles. The van der Waals surface area contributed by atoms with E-state index in [1.54, 1.807) is 14.2 Å². The Hall–Kier alpha value is -2.57. The quantitative estimate of drug-likeness (QED) is 0.792. The summed E-state index contributed by atoms with van der Waals surface area (Å²) in [6, 6.07) is 11.8. The molecule has 1 unspecified atom stereocenters. The van der Waals surface area contributed by atoms with Crippen molar-refractivity contribution in [2.45, 2.75) is 19.3 Å². The molecule has 130 valence electrons. The van der Waals surface area contributed by atoms with Crippen LogP contribution in [0.1, 0.15) is 17.2 Å². The molecule has 4 rings (SSSR count). The number of nitrogens with zero attached hydrogens (tertiary/aromatic N) is 3. The number of ether oxygens (including phenoxy) is 2. The van der Waals surface area contributed by atoms with Gasteiger partial charge < -0.3 is 19.1 Å². The fraction of sp³-hybridized carbons (Fsp3) is 0.316. The number of hydrogen-bond acceptors (Lipinski definition) is 5. The summed E-state index contributed by atoms with van der Waals surface area (Å²) in [6.07, 6.45) is 1.22. The van der Waals surface area contributed by atoms with Gasteiger partial charge in [0.2, 0.25) is 0 Å². The average Bonchev–Trinajstić information content (AvgIpc) is 3.04. The highest BCUT2D eigenvalue weighted by molar-refractivity contribution is 5.74. The molecule has 25 heavy (non-hydrogen) atoms. The van der Waals surface area contributed by atoms with Crippen molar-refractivity contribution in [1.82, 2.24) is 14.5 Å². The van der Waals surface area contributed by atoms with Gasteiger partial charge in [0.05, 0.1) is 44.4 Å². The van der Waals surface area contributed by atoms with Crippen LogP contribution in [0, 0.1) is 0 Å². The summed E-state index contributed by atoms with van der Waals surface area (Å²) in [5, 5.41) is 10.7. The molecule has 2 heterocycles. The summed E-state index contributed by atoms with van der Waals surface area (Å²) in [5.41, 5.74) is 3.86. The lowest BCUT2D eigenvalue weighted by molar-refractivity contribution is 0.0713. The predicted octanol–water partition coefficient (Wildman–Crippen LogP) is 2.56. The first-order valence-electron chi connectivity index (χ1n) is 8.25. The summed E-state index contributed by atoms with van der Waals surface area (Å²) in [5.74, 6) is 1.48. The van der Waals surface area contributed by atoms with E-state index >= 15 is 0 Å². The number of hydrogen-bond donors (Lipinski definition) is 1. The van der Waals surface area contributed by atoms with E-state index in [-0.39, 0.29) is 0 Å². The molecular weight excluding hydrogens is 318 g/mol. The van der Waals surface area contributed by atoms with E-state index in [0.29, 0.717) is 25.5 Å². The Kier molecular flexibility index (Phi) is 4.07. The van der Waals surface area contributed by atoms with Crippen LogP contribution in [0.4, 0.5) is 0 Å². The summed E-state index contributed by atoms with van der Waals surface area (Å²) in [4.78, 5) is 6.62. The van der Waals surface area contributed by atoms with Gasteiger partial charge in [0, 0.05) is 24.2 Å². The van der Waals surface area contributed by atoms with E-state index in [1.807, 2.05) is 36.7 Å². The van der Waals surface area contributed by atoms with Gasteiger partial charge in [-0.15, -0.1) is 0 Å². The molecule has 1 aromatic heterocycles. The molecule has 3 aromatic rings. The van der Waals surface area contributed by atoms with E-state index in [1.165, 1.54) is 0 Å². The van der Waals surface area contributed by atoms with Gasteiger partial charge in [-0.1, -0.05) is 12.1 Å². The maximum Gasteiger partial charge on any atom is 0.125 e. The minimum atomic E-state index is -0.622. The summed E-state index contributed by atoms with van der Waals surface area (Å²) < 4.78 is 13.0. The predicted molar refractivity (Wildman–Crippen MR) is 94.6 cm³/mol. The minimum Gasteiger partial charge on any atom is -0.496 e. The highest BCUT2D eigenvalue weighted by Crippen LogP contribution is 2.39. The molecule has 0 fully saturated rings. The lowest BCUT2D eigenvalue weighted by atomic mass is 9.95. The van der Waals surface area contributed by atoms with Gasteiger partial charge in [-0.05, 0) is 24.3 Å². The number of aromatic nitrogens is 2. The van der Waals surface area contributed by atoms with Crippen molar-refractivity contribution in [1.29, 1.82) is 0 Å². The maximum atomic E-state index is 10.7. The minimum absolute atomic E-state index is 0.531. The third-order valence-corrected chi connectivity index (χ3v) is 4.74. The van der Waals surface area contributed by atoms with Crippen molar-refractivity contribution in [3.63, 3.8) is 0 Å². The fourth-order valence-electron chi connectivity index (χ4n) is 3.59. The Bertz CT molecular complexity index is 906. The Labute approximate surface area is 146 Å². The third kappa shape index (κ3) is 2.73. The fourth-order valence-corrected chi connectivity index (χ4v) is 3.59. The van der Waals surface area contributed by atoms with E-state index in [0.717, 1.165) is 27.9 Å². The monoisotopic (exact) mass is 339 g/mol. The second-order valence-electron chi connectivity index (χ2n) is 6.23. The molecule has 6 heteroatoms. The molecule has 1 aliphatic rings. The van der Waals surface area contributed by atoms with E-state index in [2.05, 4.69) is 20.5 Å². The van der Waals surface area contributed by atoms with Crippen LogP contribution in [-0.4, -0.2) is 40.3 Å². The second kappa shape index (κ2) is 6.38. The Morgan fingerprint density at radius 3 is 2.68 bits per heavy atom. The molecule has 0 spiro atoms. The largest absolute Gasteiger partial charge is 0.496 e. The van der Waals surface area contributed by atoms with Crippen LogP contribution in [0.15, 0.2) is 42.7 Å². The first-order chi connectivity index (χ1) is 12.2. The lowest BCUT2D eigenvalue weighted by Gasteiger charge is -2.34. The first kappa shape index (κ1) is 15.9. The number of methoxy groups -OCH3 is 2. The molecule has 0 amide bonds. The number of rotatable bonds is 4. The number of fused-ring (bicyclic) bond motifs is 2. The summed E-state index contributed by atoms with van der Waals surface area (Å²) >= 11 is 0. The van der Waals surface area contributed by atoms with Gasteiger partial charge >= 0.3 is 0 Å². The van der Waals surface area contributed by atoms with E-state index in [9.17, 15) is 5.11 Å². The maximum absolute atomic E-state index is 10.7. The number of para-hydroxylation sites is 2. The Morgan fingerprint density at radius 2 is 1.88 bits per heavy atom. The van der Waals surface area contributed by atoms with E-state index in [4.69, 9.17) is 9.47 Å². The zero-order chi connectivity index (χ0) is 17.4. The molecule has 6 nitrogen and oxygen atoms in total. The molecule has 2 aromatic carbocycles. The number of imidazole rings is 1. The van der Waals surface area contributed by atoms with Crippen molar-refractivity contribution < 1.29 is 14.6 Å². The van der Waals surface area contributed by atoms with Crippen molar-refractivity contribution >= 4 is 11.0 Å². The van der Waals surface area contributed by atoms with Gasteiger partial charge in [0.1, 0.15) is 11.5 Å². The zero-order valence-electron chi connectivity index (χ0n) is 14.3. The zero-order valence-corrected chi connectivity index (χ0v) is 14.3. The molecule has 0 aliphatic carbocycles. The number of β-amino-alcohol motifs (C(OH)–C–C–N with tert-alkyl or cyclic N) is 1. The van der Waals surface area contributed by atoms with Crippen LogP contribution in [0.5, 0.6) is 11.5 Å². The van der Waals surface area contributed by atoms with Crippen molar-refractivity contribution in [2.24, 2.45) is 0 Å². The topological polar surface area (TPSA) is 59.8 Å². The smallest absolute Gasteiger partial charge is 0.125 e. The van der Waals surface area contributed by atoms with Gasteiger partial charge in [-0.25, -0.2) is 4.98 Å². The van der Waals surface area contributed by atoms with Crippen molar-refractivity contribution in [3.05, 3.63) is 53.9 Å². The van der Waals surface area contributed by atoms with Gasteiger partial charge in [0.25, 0.3) is 0 Å². The van der Waals surface area contributed by atoms with Gasteiger partial charge in [-0.3, -0.25) is 4.90 Å². The van der Waals surface area contributed by atoms with E-state index < -0.39 is 6.10 Å². The molecular formula is C19H21N3O3. The molecule has 1 atom stereocenters. The van der Waals surface area contributed by atoms with Crippen LogP contribution < -0.4 is 9.47 Å². The SMILES string of the molecule is COc1ccc(OC)c2c1CN(Cn1cnc3ccccc31)CC2O. The molecule has 0 bridgehead atoms. The van der Waals surface area contributed by atoms with Crippen LogP contribution in [0.3, 0.4) is 0 Å². The number of aliphatic hydroxyl groups is 1. The van der Waals surface area contributed by atoms with Crippen molar-refractivity contribution in [2.75, 3.05) is 20.8 Å². The second-order valence-corrected chi connectivity index (χ2v) is 6.23. The van der Waals surface area contributed by atoms with Gasteiger partial charge in [0.15, 0.2) is 0 Å². The molecule has 0 radical (unpaired) electrons. The normalized spacial score (nSPS) is 17.5. The van der Waals surface area contributed by atoms with Crippen LogP contribution in [-0.2, 0) is 13.2 Å². The van der Waals surface area contributed by atoms with Crippen molar-refractivity contribution in [3.8, 4) is 11.5 Å². The van der Waals surface area contributed by atoms with Crippen LogP contribution in [0.2, 0.25) is 0 Å². The highest BCUT2D eigenvalue weighted by Gasteiger charge is 2.29. The standard InChI is InChI=1S/C19H21N3O3/c1-24-17-7-8-18(25-2)19-13(17)9-21(10-16(19)23)12-22-11-20-14-5-3-4-6-15(14)22/h3-8,11,16,23H,9-10,12H2,1-2H3. The summed E-state index contributed by atoms with van der Waals surface area (Å²) in [6.45, 7) is 1.86. The molecule has 1 N–H and O–H groups in total. The number of aliphatic hydroxyl groups excluding tert-OH is 1. The lowest BCUT2D eigenvalue weighted by Crippen LogP contribution is -2.35. The summed E-state index contributed by atoms with van der Waals surface area (Å²) in [7, 11) is 3.27. The molecule has 0 saturated heterocycles. The number of benzene rings is 2. The van der Waals surface area contributed by atoms with Crippen LogP contribution >= 0.6 is 0 Å². The third-order valence-electron chi connectivity index (χ3n) is 4.74. The first-order valence-corrected chi connectivity index (χ1v) is 8.25. The highest BCUT2D eigenvalue weighted by atomic mass is 16.5. The molecule has 0 saturated carbocycles.